The van der Waals surface area contributed by atoms with Crippen molar-refractivity contribution < 1.29 is 14.4 Å². The summed E-state index contributed by atoms with van der Waals surface area (Å²) >= 11 is 12.8. The summed E-state index contributed by atoms with van der Waals surface area (Å²) in [5.41, 5.74) is 2.48. The molecule has 2 saturated carbocycles. The number of hydrogen-bond donors (Lipinski definition) is 1. The predicted molar refractivity (Wildman–Crippen MR) is 125 cm³/mol. The van der Waals surface area contributed by atoms with Crippen LogP contribution in [0.1, 0.15) is 40.4 Å². The molecule has 0 spiro atoms. The summed E-state index contributed by atoms with van der Waals surface area (Å²) < 4.78 is 5.73. The second kappa shape index (κ2) is 7.85. The molecule has 1 aliphatic heterocycles. The lowest BCUT2D eigenvalue weighted by molar-refractivity contribution is 0.0696. The standard InChI is InChI=1S/C24H20Cl2N4O3/c25-18-8-27-9-19(26)21(18)22-15(23(33-29-22)12-1-2-12)5-4-14-16-10-30(11-17(14)16)20-6-3-13(7-28-20)24(31)32/h3-9,12,14,16-17H,1-2,10-11H2,(H,31,32)/b5-4+. The van der Waals surface area contributed by atoms with Gasteiger partial charge < -0.3 is 14.5 Å². The molecule has 0 radical (unpaired) electrons. The van der Waals surface area contributed by atoms with E-state index in [2.05, 4.69) is 32.2 Å². The number of halogens is 2. The van der Waals surface area contributed by atoms with E-state index in [1.165, 1.54) is 6.20 Å². The normalized spacial score (nSPS) is 23.8. The van der Waals surface area contributed by atoms with E-state index in [0.29, 0.717) is 45.0 Å². The Balaban J connectivity index is 1.20. The zero-order chi connectivity index (χ0) is 22.7. The third-order valence-corrected chi connectivity index (χ3v) is 7.43. The third kappa shape index (κ3) is 3.69. The Bertz CT molecular complexity index is 1240. The topological polar surface area (TPSA) is 92.3 Å². The molecule has 1 N–H and O–H groups in total. The zero-order valence-corrected chi connectivity index (χ0v) is 19.0. The maximum Gasteiger partial charge on any atom is 0.337 e. The largest absolute Gasteiger partial charge is 0.478 e. The van der Waals surface area contributed by atoms with Crippen molar-refractivity contribution in [3.8, 4) is 11.3 Å². The van der Waals surface area contributed by atoms with Crippen molar-refractivity contribution in [2.45, 2.75) is 18.8 Å². The second-order valence-corrected chi connectivity index (χ2v) is 9.76. The lowest BCUT2D eigenvalue weighted by Gasteiger charge is -2.20. The number of carboxylic acid groups (broad SMARTS) is 1. The van der Waals surface area contributed by atoms with Crippen LogP contribution in [0, 0.1) is 17.8 Å². The highest BCUT2D eigenvalue weighted by Gasteiger charge is 2.54. The molecule has 3 aliphatic rings. The highest BCUT2D eigenvalue weighted by molar-refractivity contribution is 6.39. The smallest absolute Gasteiger partial charge is 0.337 e. The molecule has 4 heterocycles. The van der Waals surface area contributed by atoms with Crippen LogP contribution < -0.4 is 4.90 Å². The first-order chi connectivity index (χ1) is 16.0. The summed E-state index contributed by atoms with van der Waals surface area (Å²) in [6.07, 6.45) is 11.1. The van der Waals surface area contributed by atoms with Gasteiger partial charge in [-0.3, -0.25) is 4.98 Å². The van der Waals surface area contributed by atoms with Gasteiger partial charge in [-0.2, -0.15) is 0 Å². The number of hydrogen-bond acceptors (Lipinski definition) is 6. The molecule has 3 aromatic heterocycles. The number of nitrogens with zero attached hydrogens (tertiary/aromatic N) is 4. The number of allylic oxidation sites excluding steroid dienone is 1. The fourth-order valence-electron chi connectivity index (χ4n) is 4.88. The van der Waals surface area contributed by atoms with Crippen molar-refractivity contribution in [1.29, 1.82) is 0 Å². The van der Waals surface area contributed by atoms with Crippen molar-refractivity contribution in [2.24, 2.45) is 17.8 Å². The van der Waals surface area contributed by atoms with Gasteiger partial charge in [-0.25, -0.2) is 9.78 Å². The molecule has 7 nitrogen and oxygen atoms in total. The van der Waals surface area contributed by atoms with E-state index in [1.807, 2.05) is 0 Å². The van der Waals surface area contributed by atoms with Gasteiger partial charge in [-0.1, -0.05) is 40.5 Å². The Kier molecular flexibility index (Phi) is 4.92. The molecule has 0 aromatic carbocycles. The summed E-state index contributed by atoms with van der Waals surface area (Å²) in [7, 11) is 0. The van der Waals surface area contributed by atoms with E-state index >= 15 is 0 Å². The van der Waals surface area contributed by atoms with Crippen molar-refractivity contribution in [3.63, 3.8) is 0 Å². The summed E-state index contributed by atoms with van der Waals surface area (Å²) in [4.78, 5) is 21.6. The summed E-state index contributed by atoms with van der Waals surface area (Å²) in [6, 6.07) is 3.39. The molecule has 2 aliphatic carbocycles. The van der Waals surface area contributed by atoms with E-state index < -0.39 is 5.97 Å². The van der Waals surface area contributed by atoms with E-state index in [0.717, 1.165) is 43.1 Å². The van der Waals surface area contributed by atoms with Crippen molar-refractivity contribution >= 4 is 41.1 Å². The van der Waals surface area contributed by atoms with Crippen LogP contribution in [0.15, 0.2) is 41.3 Å². The van der Waals surface area contributed by atoms with Crippen LogP contribution in [0.5, 0.6) is 0 Å². The Morgan fingerprint density at radius 2 is 1.85 bits per heavy atom. The average molecular weight is 483 g/mol. The zero-order valence-electron chi connectivity index (χ0n) is 17.5. The first-order valence-electron chi connectivity index (χ1n) is 10.9. The molecule has 0 amide bonds. The van der Waals surface area contributed by atoms with Gasteiger partial charge in [-0.15, -0.1) is 0 Å². The number of piperidine rings is 1. The molecule has 0 bridgehead atoms. The minimum Gasteiger partial charge on any atom is -0.478 e. The summed E-state index contributed by atoms with van der Waals surface area (Å²) in [5, 5.41) is 14.3. The van der Waals surface area contributed by atoms with Crippen LogP contribution in [0.25, 0.3) is 17.3 Å². The fourth-order valence-corrected chi connectivity index (χ4v) is 5.42. The summed E-state index contributed by atoms with van der Waals surface area (Å²) in [5.74, 6) is 2.77. The molecule has 2 unspecified atom stereocenters. The van der Waals surface area contributed by atoms with Crippen LogP contribution >= 0.6 is 23.2 Å². The van der Waals surface area contributed by atoms with Crippen LogP contribution in [0.2, 0.25) is 10.0 Å². The number of carboxylic acids is 1. The van der Waals surface area contributed by atoms with E-state index in [9.17, 15) is 4.79 Å². The van der Waals surface area contributed by atoms with E-state index in [4.69, 9.17) is 32.8 Å². The number of carbonyl (C=O) groups is 1. The molecule has 9 heteroatoms. The molecule has 1 saturated heterocycles. The Hall–Kier alpha value is -2.90. The monoisotopic (exact) mass is 482 g/mol. The highest BCUT2D eigenvalue weighted by atomic mass is 35.5. The van der Waals surface area contributed by atoms with Gasteiger partial charge in [0.25, 0.3) is 0 Å². The van der Waals surface area contributed by atoms with E-state index in [-0.39, 0.29) is 5.56 Å². The lowest BCUT2D eigenvalue weighted by Crippen LogP contribution is -2.24. The highest BCUT2D eigenvalue weighted by Crippen LogP contribution is 2.54. The van der Waals surface area contributed by atoms with E-state index in [1.54, 1.807) is 24.5 Å². The Morgan fingerprint density at radius 3 is 2.45 bits per heavy atom. The first-order valence-corrected chi connectivity index (χ1v) is 11.7. The fraction of sp³-hybridized carbons (Fsp3) is 0.333. The lowest BCUT2D eigenvalue weighted by atomic mass is 10.0. The number of pyridine rings is 2. The van der Waals surface area contributed by atoms with Crippen molar-refractivity contribution in [1.82, 2.24) is 15.1 Å². The number of aromatic nitrogens is 3. The number of rotatable bonds is 6. The Labute approximate surface area is 200 Å². The van der Waals surface area contributed by atoms with Crippen molar-refractivity contribution in [3.05, 3.63) is 63.7 Å². The third-order valence-electron chi connectivity index (χ3n) is 6.86. The molecular formula is C24H20Cl2N4O3. The van der Waals surface area contributed by atoms with Gasteiger partial charge in [0, 0.05) is 48.7 Å². The molecule has 3 aromatic rings. The number of fused-ring (bicyclic) bond motifs is 1. The van der Waals surface area contributed by atoms with Gasteiger partial charge in [-0.05, 0) is 42.7 Å². The molecule has 6 rings (SSSR count). The predicted octanol–water partition coefficient (Wildman–Crippen LogP) is 5.41. The molecule has 168 valence electrons. The molecule has 2 atom stereocenters. The van der Waals surface area contributed by atoms with Crippen LogP contribution in [-0.4, -0.2) is 39.3 Å². The number of aromatic carboxylic acids is 1. The maximum absolute atomic E-state index is 11.0. The first kappa shape index (κ1) is 20.7. The van der Waals surface area contributed by atoms with Crippen LogP contribution in [-0.2, 0) is 0 Å². The van der Waals surface area contributed by atoms with Gasteiger partial charge in [0.2, 0.25) is 0 Å². The summed E-state index contributed by atoms with van der Waals surface area (Å²) in [6.45, 7) is 1.82. The minimum absolute atomic E-state index is 0.203. The molecule has 33 heavy (non-hydrogen) atoms. The van der Waals surface area contributed by atoms with Crippen LogP contribution in [0.4, 0.5) is 5.82 Å². The van der Waals surface area contributed by atoms with Gasteiger partial charge in [0.15, 0.2) is 0 Å². The number of anilines is 1. The quantitative estimate of drug-likeness (QED) is 0.501. The van der Waals surface area contributed by atoms with Crippen LogP contribution in [0.3, 0.4) is 0 Å². The van der Waals surface area contributed by atoms with Crippen molar-refractivity contribution in [2.75, 3.05) is 18.0 Å². The Morgan fingerprint density at radius 1 is 1.12 bits per heavy atom. The average Bonchev–Trinajstić information content (AvgIpc) is 3.67. The van der Waals surface area contributed by atoms with Gasteiger partial charge >= 0.3 is 5.97 Å². The minimum atomic E-state index is -0.962. The maximum atomic E-state index is 11.0. The molecule has 3 fully saturated rings. The van der Waals surface area contributed by atoms with Gasteiger partial charge in [0.05, 0.1) is 15.6 Å². The van der Waals surface area contributed by atoms with Gasteiger partial charge in [0.1, 0.15) is 17.3 Å². The second-order valence-electron chi connectivity index (χ2n) is 8.94. The SMILES string of the molecule is O=C(O)c1ccc(N2CC3C(/C=C/c4c(-c5c(Cl)cncc5Cl)noc4C4CC4)C3C2)nc1. The molecular weight excluding hydrogens is 463 g/mol.